The molecule has 0 aliphatic rings. The van der Waals surface area contributed by atoms with Crippen molar-refractivity contribution in [3.05, 3.63) is 47.8 Å². The number of rotatable bonds is 3. The topological polar surface area (TPSA) is 17.1 Å². The lowest BCUT2D eigenvalue weighted by atomic mass is 10.1. The zero-order chi connectivity index (χ0) is 9.68. The molecule has 0 heterocycles. The Morgan fingerprint density at radius 3 is 2.54 bits per heavy atom. The lowest BCUT2D eigenvalue weighted by Gasteiger charge is -1.96. The number of ketones is 1. The first-order chi connectivity index (χ1) is 6.18. The Morgan fingerprint density at radius 1 is 1.38 bits per heavy atom. The van der Waals surface area contributed by atoms with E-state index in [1.54, 1.807) is 0 Å². The molecule has 0 atom stereocenters. The van der Waals surface area contributed by atoms with Crippen LogP contribution < -0.4 is 0 Å². The van der Waals surface area contributed by atoms with Gasteiger partial charge >= 0.3 is 0 Å². The Bertz CT molecular complexity index is 314. The summed E-state index contributed by atoms with van der Waals surface area (Å²) in [6.07, 6.45) is 1.22. The van der Waals surface area contributed by atoms with Crippen LogP contribution in [0.5, 0.6) is 0 Å². The maximum absolute atomic E-state index is 13.0. The predicted molar refractivity (Wildman–Crippen MR) is 50.0 cm³/mol. The van der Waals surface area contributed by atoms with E-state index in [1.165, 1.54) is 6.92 Å². The highest BCUT2D eigenvalue weighted by Crippen LogP contribution is 2.08. The average molecular weight is 178 g/mol. The normalized spacial score (nSPS) is 11.4. The van der Waals surface area contributed by atoms with Crippen LogP contribution in [0.1, 0.15) is 12.5 Å². The van der Waals surface area contributed by atoms with Gasteiger partial charge in [0.25, 0.3) is 0 Å². The summed E-state index contributed by atoms with van der Waals surface area (Å²) < 4.78 is 13.0. The fourth-order valence-electron chi connectivity index (χ4n) is 1.06. The van der Waals surface area contributed by atoms with Crippen molar-refractivity contribution in [1.82, 2.24) is 0 Å². The van der Waals surface area contributed by atoms with Gasteiger partial charge in [0, 0.05) is 12.5 Å². The van der Waals surface area contributed by atoms with Gasteiger partial charge in [-0.05, 0) is 12.5 Å². The van der Waals surface area contributed by atoms with E-state index in [0.717, 1.165) is 11.6 Å². The van der Waals surface area contributed by atoms with Crippen LogP contribution in [-0.2, 0) is 11.2 Å². The lowest BCUT2D eigenvalue weighted by molar-refractivity contribution is -0.112. The highest BCUT2D eigenvalue weighted by molar-refractivity contribution is 5.87. The van der Waals surface area contributed by atoms with Crippen molar-refractivity contribution in [2.24, 2.45) is 0 Å². The number of halogens is 1. The van der Waals surface area contributed by atoms with Crippen molar-refractivity contribution in [3.8, 4) is 0 Å². The van der Waals surface area contributed by atoms with Crippen LogP contribution in [0.3, 0.4) is 0 Å². The summed E-state index contributed by atoms with van der Waals surface area (Å²) in [5, 5.41) is 0. The second-order valence-corrected chi connectivity index (χ2v) is 2.86. The van der Waals surface area contributed by atoms with E-state index in [2.05, 4.69) is 0 Å². The largest absolute Gasteiger partial charge is 0.295 e. The second-order valence-electron chi connectivity index (χ2n) is 2.86. The molecule has 1 aromatic rings. The molecule has 1 nitrogen and oxygen atoms in total. The molecule has 0 bridgehead atoms. The molecule has 0 radical (unpaired) electrons. The van der Waals surface area contributed by atoms with E-state index < -0.39 is 5.83 Å². The smallest absolute Gasteiger partial charge is 0.155 e. The molecule has 0 spiro atoms. The van der Waals surface area contributed by atoms with Crippen molar-refractivity contribution >= 4 is 5.78 Å². The van der Waals surface area contributed by atoms with Crippen LogP contribution in [0.4, 0.5) is 4.39 Å². The van der Waals surface area contributed by atoms with Crippen LogP contribution in [0.2, 0.25) is 0 Å². The van der Waals surface area contributed by atoms with Crippen LogP contribution in [0, 0.1) is 0 Å². The summed E-state index contributed by atoms with van der Waals surface area (Å²) in [7, 11) is 0. The molecule has 68 valence electrons. The zero-order valence-corrected chi connectivity index (χ0v) is 7.46. The monoisotopic (exact) mass is 178 g/mol. The van der Waals surface area contributed by atoms with Gasteiger partial charge in [-0.2, -0.15) is 0 Å². The quantitative estimate of drug-likeness (QED) is 0.650. The van der Waals surface area contributed by atoms with Gasteiger partial charge in [0.15, 0.2) is 5.78 Å². The molecule has 13 heavy (non-hydrogen) atoms. The first kappa shape index (κ1) is 9.65. The number of hydrogen-bond acceptors (Lipinski definition) is 1. The van der Waals surface area contributed by atoms with Crippen molar-refractivity contribution in [1.29, 1.82) is 0 Å². The summed E-state index contributed by atoms with van der Waals surface area (Å²) in [4.78, 5) is 10.5. The van der Waals surface area contributed by atoms with Gasteiger partial charge in [-0.25, -0.2) is 4.39 Å². The molecule has 0 aliphatic carbocycles. The SMILES string of the molecule is CC(=O)/C=C(/F)Cc1ccccc1. The van der Waals surface area contributed by atoms with Gasteiger partial charge in [0.2, 0.25) is 0 Å². The molecule has 0 N–H and O–H groups in total. The second kappa shape index (κ2) is 4.55. The molecule has 0 saturated carbocycles. The zero-order valence-electron chi connectivity index (χ0n) is 7.46. The maximum Gasteiger partial charge on any atom is 0.155 e. The summed E-state index contributed by atoms with van der Waals surface area (Å²) in [5.74, 6) is -0.646. The predicted octanol–water partition coefficient (Wildman–Crippen LogP) is 2.67. The number of carbonyl (C=O) groups excluding carboxylic acids is 1. The van der Waals surface area contributed by atoms with Crippen LogP contribution in [-0.4, -0.2) is 5.78 Å². The Labute approximate surface area is 76.9 Å². The Hall–Kier alpha value is -1.44. The van der Waals surface area contributed by atoms with Crippen molar-refractivity contribution in [2.75, 3.05) is 0 Å². The van der Waals surface area contributed by atoms with E-state index in [1.807, 2.05) is 30.3 Å². The van der Waals surface area contributed by atoms with Gasteiger partial charge in [-0.15, -0.1) is 0 Å². The van der Waals surface area contributed by atoms with E-state index in [9.17, 15) is 9.18 Å². The average Bonchev–Trinajstić information content (AvgIpc) is 2.04. The molecule has 0 aromatic heterocycles. The molecule has 2 heteroatoms. The number of benzene rings is 1. The highest BCUT2D eigenvalue weighted by atomic mass is 19.1. The van der Waals surface area contributed by atoms with Gasteiger partial charge in [-0.3, -0.25) is 4.79 Å². The minimum absolute atomic E-state index is 0.195. The number of carbonyl (C=O) groups is 1. The minimum atomic E-state index is -0.390. The van der Waals surface area contributed by atoms with E-state index in [-0.39, 0.29) is 12.2 Å². The molecular weight excluding hydrogens is 167 g/mol. The number of hydrogen-bond donors (Lipinski definition) is 0. The molecule has 1 aromatic carbocycles. The molecule has 0 aliphatic heterocycles. The maximum atomic E-state index is 13.0. The third-order valence-corrected chi connectivity index (χ3v) is 1.58. The first-order valence-corrected chi connectivity index (χ1v) is 4.09. The van der Waals surface area contributed by atoms with E-state index in [4.69, 9.17) is 0 Å². The summed E-state index contributed by atoms with van der Waals surface area (Å²) >= 11 is 0. The minimum Gasteiger partial charge on any atom is -0.295 e. The van der Waals surface area contributed by atoms with Crippen molar-refractivity contribution < 1.29 is 9.18 Å². The molecule has 1 rings (SSSR count). The van der Waals surface area contributed by atoms with E-state index >= 15 is 0 Å². The molecule has 0 unspecified atom stereocenters. The van der Waals surface area contributed by atoms with E-state index in [0.29, 0.717) is 0 Å². The standard InChI is InChI=1S/C11H11FO/c1-9(13)7-11(12)8-10-5-3-2-4-6-10/h2-7H,8H2,1H3/b11-7+. The fraction of sp³-hybridized carbons (Fsp3) is 0.182. The van der Waals surface area contributed by atoms with Crippen LogP contribution in [0.25, 0.3) is 0 Å². The van der Waals surface area contributed by atoms with Gasteiger partial charge < -0.3 is 0 Å². The Morgan fingerprint density at radius 2 is 2.00 bits per heavy atom. The summed E-state index contributed by atoms with van der Waals surface area (Å²) in [6.45, 7) is 1.34. The van der Waals surface area contributed by atoms with Crippen LogP contribution >= 0.6 is 0 Å². The third-order valence-electron chi connectivity index (χ3n) is 1.58. The Kier molecular flexibility index (Phi) is 3.38. The first-order valence-electron chi connectivity index (χ1n) is 4.09. The summed E-state index contributed by atoms with van der Waals surface area (Å²) in [6, 6.07) is 9.21. The van der Waals surface area contributed by atoms with Gasteiger partial charge in [-0.1, -0.05) is 30.3 Å². The van der Waals surface area contributed by atoms with Crippen LogP contribution in [0.15, 0.2) is 42.2 Å². The summed E-state index contributed by atoms with van der Waals surface area (Å²) in [5.41, 5.74) is 0.873. The molecule has 0 saturated heterocycles. The molecule has 0 amide bonds. The van der Waals surface area contributed by atoms with Crippen molar-refractivity contribution in [3.63, 3.8) is 0 Å². The Balaban J connectivity index is 2.65. The number of allylic oxidation sites excluding steroid dienone is 2. The van der Waals surface area contributed by atoms with Crippen molar-refractivity contribution in [2.45, 2.75) is 13.3 Å². The third kappa shape index (κ3) is 3.65. The highest BCUT2D eigenvalue weighted by Gasteiger charge is 1.98. The van der Waals surface area contributed by atoms with Gasteiger partial charge in [0.1, 0.15) is 5.83 Å². The molecule has 0 fully saturated rings. The molecular formula is C11H11FO. The van der Waals surface area contributed by atoms with Gasteiger partial charge in [0.05, 0.1) is 0 Å². The lowest BCUT2D eigenvalue weighted by Crippen LogP contribution is -1.89. The fourth-order valence-corrected chi connectivity index (χ4v) is 1.06.